The smallest absolute Gasteiger partial charge is 0.00770 e. The minimum absolute atomic E-state index is 0.426. The normalized spacial score (nSPS) is 13.5. The summed E-state index contributed by atoms with van der Waals surface area (Å²) < 4.78 is 0. The third kappa shape index (κ3) is 10.5. The van der Waals surface area contributed by atoms with Gasteiger partial charge in [-0.05, 0) is 36.6 Å². The molecule has 0 aromatic heterocycles. The zero-order valence-corrected chi connectivity index (χ0v) is 12.6. The SMILES string of the molecule is CCCCNC(CC(C)(C)C)CC(C)(C)C. The zero-order valence-electron chi connectivity index (χ0n) is 12.6. The molecule has 0 bridgehead atoms. The van der Waals surface area contributed by atoms with Crippen molar-refractivity contribution in [2.45, 2.75) is 80.2 Å². The summed E-state index contributed by atoms with van der Waals surface area (Å²) >= 11 is 0. The predicted octanol–water partition coefficient (Wildman–Crippen LogP) is 4.62. The summed E-state index contributed by atoms with van der Waals surface area (Å²) in [6.45, 7) is 17.5. The quantitative estimate of drug-likeness (QED) is 0.653. The predicted molar refractivity (Wildman–Crippen MR) is 74.8 cm³/mol. The Morgan fingerprint density at radius 3 is 1.62 bits per heavy atom. The molecule has 0 rings (SSSR count). The lowest BCUT2D eigenvalue weighted by Crippen LogP contribution is -2.36. The van der Waals surface area contributed by atoms with E-state index < -0.39 is 0 Å². The van der Waals surface area contributed by atoms with E-state index in [9.17, 15) is 0 Å². The van der Waals surface area contributed by atoms with Gasteiger partial charge in [-0.3, -0.25) is 0 Å². The van der Waals surface area contributed by atoms with Crippen LogP contribution in [0, 0.1) is 10.8 Å². The van der Waals surface area contributed by atoms with Gasteiger partial charge in [0.15, 0.2) is 0 Å². The number of unbranched alkanes of at least 4 members (excludes halogenated alkanes) is 1. The Morgan fingerprint density at radius 2 is 1.31 bits per heavy atom. The van der Waals surface area contributed by atoms with Crippen molar-refractivity contribution >= 4 is 0 Å². The van der Waals surface area contributed by atoms with Crippen LogP contribution in [-0.4, -0.2) is 12.6 Å². The van der Waals surface area contributed by atoms with E-state index in [0.717, 1.165) is 0 Å². The second kappa shape index (κ2) is 6.64. The van der Waals surface area contributed by atoms with E-state index in [2.05, 4.69) is 53.8 Å². The fourth-order valence-corrected chi connectivity index (χ4v) is 2.18. The van der Waals surface area contributed by atoms with Gasteiger partial charge in [0.1, 0.15) is 0 Å². The van der Waals surface area contributed by atoms with Crippen LogP contribution in [-0.2, 0) is 0 Å². The van der Waals surface area contributed by atoms with Gasteiger partial charge in [-0.15, -0.1) is 0 Å². The van der Waals surface area contributed by atoms with Crippen molar-refractivity contribution in [3.8, 4) is 0 Å². The van der Waals surface area contributed by atoms with E-state index in [1.165, 1.54) is 32.2 Å². The van der Waals surface area contributed by atoms with Crippen LogP contribution in [0.4, 0.5) is 0 Å². The molecule has 0 unspecified atom stereocenters. The lowest BCUT2D eigenvalue weighted by atomic mass is 9.80. The highest BCUT2D eigenvalue weighted by atomic mass is 14.9. The maximum atomic E-state index is 3.73. The van der Waals surface area contributed by atoms with Gasteiger partial charge in [0.2, 0.25) is 0 Å². The van der Waals surface area contributed by atoms with Gasteiger partial charge in [-0.1, -0.05) is 54.9 Å². The van der Waals surface area contributed by atoms with E-state index in [1.807, 2.05) is 0 Å². The largest absolute Gasteiger partial charge is 0.314 e. The van der Waals surface area contributed by atoms with E-state index >= 15 is 0 Å². The molecule has 0 fully saturated rings. The molecule has 0 atom stereocenters. The van der Waals surface area contributed by atoms with Crippen molar-refractivity contribution in [3.63, 3.8) is 0 Å². The molecule has 0 heterocycles. The number of hydrogen-bond acceptors (Lipinski definition) is 1. The van der Waals surface area contributed by atoms with Crippen molar-refractivity contribution in [1.29, 1.82) is 0 Å². The van der Waals surface area contributed by atoms with Crippen LogP contribution in [0.2, 0.25) is 0 Å². The van der Waals surface area contributed by atoms with Crippen molar-refractivity contribution in [1.82, 2.24) is 5.32 Å². The molecule has 0 aromatic carbocycles. The molecule has 16 heavy (non-hydrogen) atoms. The van der Waals surface area contributed by atoms with Gasteiger partial charge in [0, 0.05) is 6.04 Å². The second-order valence-corrected chi connectivity index (χ2v) is 7.53. The molecule has 0 aliphatic carbocycles. The monoisotopic (exact) mass is 227 g/mol. The summed E-state index contributed by atoms with van der Waals surface area (Å²) in [6, 6.07) is 0.673. The van der Waals surface area contributed by atoms with Crippen LogP contribution < -0.4 is 5.32 Å². The molecule has 0 spiro atoms. The van der Waals surface area contributed by atoms with Crippen LogP contribution >= 0.6 is 0 Å². The summed E-state index contributed by atoms with van der Waals surface area (Å²) in [7, 11) is 0. The van der Waals surface area contributed by atoms with Gasteiger partial charge in [0.05, 0.1) is 0 Å². The van der Waals surface area contributed by atoms with Gasteiger partial charge >= 0.3 is 0 Å². The van der Waals surface area contributed by atoms with E-state index in [1.54, 1.807) is 0 Å². The fraction of sp³-hybridized carbons (Fsp3) is 1.00. The molecule has 0 aliphatic heterocycles. The number of rotatable bonds is 6. The van der Waals surface area contributed by atoms with Gasteiger partial charge in [0.25, 0.3) is 0 Å². The first-order chi connectivity index (χ1) is 7.14. The number of nitrogens with one attached hydrogen (secondary N) is 1. The Labute approximate surface area is 103 Å². The maximum absolute atomic E-state index is 3.73. The van der Waals surface area contributed by atoms with E-state index in [4.69, 9.17) is 0 Å². The lowest BCUT2D eigenvalue weighted by molar-refractivity contribution is 0.239. The number of hydrogen-bond donors (Lipinski definition) is 1. The van der Waals surface area contributed by atoms with Gasteiger partial charge < -0.3 is 5.32 Å². The minimum atomic E-state index is 0.426. The molecule has 0 aliphatic rings. The fourth-order valence-electron chi connectivity index (χ4n) is 2.18. The van der Waals surface area contributed by atoms with Crippen molar-refractivity contribution in [3.05, 3.63) is 0 Å². The van der Waals surface area contributed by atoms with E-state index in [0.29, 0.717) is 16.9 Å². The first kappa shape index (κ1) is 16.0. The van der Waals surface area contributed by atoms with Gasteiger partial charge in [-0.2, -0.15) is 0 Å². The highest BCUT2D eigenvalue weighted by molar-refractivity contribution is 4.79. The highest BCUT2D eigenvalue weighted by Gasteiger charge is 2.23. The second-order valence-electron chi connectivity index (χ2n) is 7.53. The molecule has 1 N–H and O–H groups in total. The van der Waals surface area contributed by atoms with Crippen LogP contribution in [0.15, 0.2) is 0 Å². The van der Waals surface area contributed by atoms with Crippen molar-refractivity contribution in [2.24, 2.45) is 10.8 Å². The molecule has 0 amide bonds. The molecule has 1 nitrogen and oxygen atoms in total. The average molecular weight is 227 g/mol. The minimum Gasteiger partial charge on any atom is -0.314 e. The van der Waals surface area contributed by atoms with Crippen LogP contribution in [0.1, 0.15) is 74.1 Å². The Hall–Kier alpha value is -0.0400. The zero-order chi connectivity index (χ0) is 12.8. The Bertz CT molecular complexity index is 155. The van der Waals surface area contributed by atoms with Crippen LogP contribution in [0.25, 0.3) is 0 Å². The molecular weight excluding hydrogens is 194 g/mol. The average Bonchev–Trinajstić information content (AvgIpc) is 1.97. The maximum Gasteiger partial charge on any atom is 0.00770 e. The van der Waals surface area contributed by atoms with Crippen LogP contribution in [0.5, 0.6) is 0 Å². The molecule has 1 heteroatoms. The van der Waals surface area contributed by atoms with Gasteiger partial charge in [-0.25, -0.2) is 0 Å². The Kier molecular flexibility index (Phi) is 6.62. The first-order valence-electron chi connectivity index (χ1n) is 6.87. The highest BCUT2D eigenvalue weighted by Crippen LogP contribution is 2.28. The summed E-state index contributed by atoms with van der Waals surface area (Å²) in [5.41, 5.74) is 0.851. The van der Waals surface area contributed by atoms with Crippen molar-refractivity contribution in [2.75, 3.05) is 6.54 Å². The molecule has 0 aromatic rings. The summed E-state index contributed by atoms with van der Waals surface area (Å²) in [5.74, 6) is 0. The topological polar surface area (TPSA) is 12.0 Å². The Morgan fingerprint density at radius 1 is 0.875 bits per heavy atom. The Balaban J connectivity index is 4.17. The molecule has 0 saturated heterocycles. The third-order valence-electron chi connectivity index (χ3n) is 2.68. The summed E-state index contributed by atoms with van der Waals surface area (Å²) in [4.78, 5) is 0. The molecule has 98 valence electrons. The summed E-state index contributed by atoms with van der Waals surface area (Å²) in [6.07, 6.45) is 5.12. The lowest BCUT2D eigenvalue weighted by Gasteiger charge is -2.32. The third-order valence-corrected chi connectivity index (χ3v) is 2.68. The van der Waals surface area contributed by atoms with Crippen molar-refractivity contribution < 1.29 is 0 Å². The van der Waals surface area contributed by atoms with Crippen LogP contribution in [0.3, 0.4) is 0 Å². The molecular formula is C15H33N. The van der Waals surface area contributed by atoms with E-state index in [-0.39, 0.29) is 0 Å². The molecule has 0 radical (unpaired) electrons. The standard InChI is InChI=1S/C15H33N/c1-8-9-10-16-13(11-14(2,3)4)12-15(5,6)7/h13,16H,8-12H2,1-7H3. The first-order valence-corrected chi connectivity index (χ1v) is 6.87. The summed E-state index contributed by atoms with van der Waals surface area (Å²) in [5, 5.41) is 3.73. The molecule has 0 saturated carbocycles.